The molecule has 3 nitrogen and oxygen atoms in total. The molecule has 1 aromatic heterocycles. The molecule has 0 amide bonds. The Labute approximate surface area is 129 Å². The number of aliphatic hydroxyl groups is 1. The molecule has 0 radical (unpaired) electrons. The third kappa shape index (κ3) is 2.85. The first kappa shape index (κ1) is 15.4. The number of carbonyl (C=O) groups is 1. The molecular formula is C12H6BrClF2O3S. The van der Waals surface area contributed by atoms with Crippen molar-refractivity contribution in [3.05, 3.63) is 54.6 Å². The van der Waals surface area contributed by atoms with E-state index in [1.165, 1.54) is 6.07 Å². The fourth-order valence-corrected chi connectivity index (χ4v) is 3.38. The average Bonchev–Trinajstić information content (AvgIpc) is 2.71. The van der Waals surface area contributed by atoms with Crippen LogP contribution >= 0.6 is 38.9 Å². The monoisotopic (exact) mass is 382 g/mol. The standard InChI is InChI=1S/C12H6BrClF2O3S/c13-11-6(14)3-9(20-11)10(17)4-1-7(15)8(16)2-5(4)12(18)19/h1-3,10,17H,(H,18,19). The van der Waals surface area contributed by atoms with E-state index in [0.717, 1.165) is 11.3 Å². The third-order valence-electron chi connectivity index (χ3n) is 2.55. The number of halogens is 4. The zero-order valence-corrected chi connectivity index (χ0v) is 12.7. The number of hydrogen-bond acceptors (Lipinski definition) is 3. The largest absolute Gasteiger partial charge is 0.478 e. The molecule has 2 rings (SSSR count). The lowest BCUT2D eigenvalue weighted by molar-refractivity contribution is 0.0690. The molecule has 0 bridgehead atoms. The maximum atomic E-state index is 13.3. The van der Waals surface area contributed by atoms with E-state index in [-0.39, 0.29) is 5.56 Å². The molecule has 1 unspecified atom stereocenters. The molecule has 106 valence electrons. The lowest BCUT2D eigenvalue weighted by atomic mass is 10.0. The van der Waals surface area contributed by atoms with Crippen molar-refractivity contribution in [3.63, 3.8) is 0 Å². The van der Waals surface area contributed by atoms with E-state index in [2.05, 4.69) is 15.9 Å². The van der Waals surface area contributed by atoms with E-state index in [1.54, 1.807) is 0 Å². The Morgan fingerprint density at radius 2 is 1.90 bits per heavy atom. The van der Waals surface area contributed by atoms with Crippen LogP contribution in [-0.4, -0.2) is 16.2 Å². The number of carboxylic acids is 1. The van der Waals surface area contributed by atoms with Crippen LogP contribution in [0.25, 0.3) is 0 Å². The third-order valence-corrected chi connectivity index (χ3v) is 5.08. The summed E-state index contributed by atoms with van der Waals surface area (Å²) in [5.41, 5.74) is -0.737. The second-order valence-electron chi connectivity index (χ2n) is 3.83. The molecule has 20 heavy (non-hydrogen) atoms. The SMILES string of the molecule is O=C(O)c1cc(F)c(F)cc1C(O)c1cc(Cl)c(Br)s1. The number of carboxylic acid groups (broad SMARTS) is 1. The molecule has 0 aliphatic rings. The number of hydrogen-bond donors (Lipinski definition) is 2. The fourth-order valence-electron chi connectivity index (χ4n) is 1.62. The fraction of sp³-hybridized carbons (Fsp3) is 0.0833. The van der Waals surface area contributed by atoms with Crippen molar-refractivity contribution >= 4 is 44.8 Å². The highest BCUT2D eigenvalue weighted by Crippen LogP contribution is 2.38. The van der Waals surface area contributed by atoms with Gasteiger partial charge in [0, 0.05) is 10.4 Å². The Morgan fingerprint density at radius 3 is 2.40 bits per heavy atom. The summed E-state index contributed by atoms with van der Waals surface area (Å²) < 4.78 is 26.9. The van der Waals surface area contributed by atoms with Crippen LogP contribution in [0.1, 0.15) is 26.9 Å². The van der Waals surface area contributed by atoms with Crippen molar-refractivity contribution in [2.24, 2.45) is 0 Å². The molecule has 8 heteroatoms. The highest BCUT2D eigenvalue weighted by atomic mass is 79.9. The molecule has 0 saturated heterocycles. The molecule has 0 aliphatic heterocycles. The lowest BCUT2D eigenvalue weighted by Gasteiger charge is -2.12. The van der Waals surface area contributed by atoms with E-state index < -0.39 is 29.3 Å². The summed E-state index contributed by atoms with van der Waals surface area (Å²) in [5.74, 6) is -3.98. The van der Waals surface area contributed by atoms with Crippen LogP contribution in [0.15, 0.2) is 22.0 Å². The van der Waals surface area contributed by atoms with Gasteiger partial charge >= 0.3 is 5.97 Å². The summed E-state index contributed by atoms with van der Waals surface area (Å²) in [6, 6.07) is 2.64. The van der Waals surface area contributed by atoms with Crippen molar-refractivity contribution in [2.75, 3.05) is 0 Å². The number of benzene rings is 1. The van der Waals surface area contributed by atoms with Crippen LogP contribution in [0.2, 0.25) is 5.02 Å². The van der Waals surface area contributed by atoms with Crippen LogP contribution in [-0.2, 0) is 0 Å². The summed E-state index contributed by atoms with van der Waals surface area (Å²) in [6.45, 7) is 0. The van der Waals surface area contributed by atoms with Crippen molar-refractivity contribution < 1.29 is 23.8 Å². The molecule has 0 aliphatic carbocycles. The van der Waals surface area contributed by atoms with Gasteiger partial charge in [0.2, 0.25) is 0 Å². The first-order valence-corrected chi connectivity index (χ1v) is 7.15. The topological polar surface area (TPSA) is 57.5 Å². The van der Waals surface area contributed by atoms with E-state index in [4.69, 9.17) is 16.7 Å². The number of thiophene rings is 1. The highest BCUT2D eigenvalue weighted by Gasteiger charge is 2.23. The Bertz CT molecular complexity index is 670. The van der Waals surface area contributed by atoms with Crippen LogP contribution in [0.3, 0.4) is 0 Å². The second kappa shape index (κ2) is 5.77. The van der Waals surface area contributed by atoms with Gasteiger partial charge in [-0.05, 0) is 34.1 Å². The summed E-state index contributed by atoms with van der Waals surface area (Å²) in [7, 11) is 0. The molecule has 0 spiro atoms. The normalized spacial score (nSPS) is 12.4. The number of rotatable bonds is 3. The van der Waals surface area contributed by atoms with Gasteiger partial charge in [-0.1, -0.05) is 11.6 Å². The molecule has 1 heterocycles. The zero-order chi connectivity index (χ0) is 15.0. The van der Waals surface area contributed by atoms with Gasteiger partial charge in [-0.3, -0.25) is 0 Å². The van der Waals surface area contributed by atoms with Crippen molar-refractivity contribution in [2.45, 2.75) is 6.10 Å². The van der Waals surface area contributed by atoms with Gasteiger partial charge in [-0.2, -0.15) is 0 Å². The lowest BCUT2D eigenvalue weighted by Crippen LogP contribution is -2.09. The van der Waals surface area contributed by atoms with Crippen molar-refractivity contribution in [1.82, 2.24) is 0 Å². The summed E-state index contributed by atoms with van der Waals surface area (Å²) in [6.07, 6.45) is -1.41. The highest BCUT2D eigenvalue weighted by molar-refractivity contribution is 9.11. The van der Waals surface area contributed by atoms with Crippen LogP contribution in [0.4, 0.5) is 8.78 Å². The Balaban J connectivity index is 2.56. The van der Waals surface area contributed by atoms with E-state index >= 15 is 0 Å². The summed E-state index contributed by atoms with van der Waals surface area (Å²) in [4.78, 5) is 11.4. The van der Waals surface area contributed by atoms with Gasteiger partial charge in [-0.15, -0.1) is 11.3 Å². The van der Waals surface area contributed by atoms with Crippen LogP contribution in [0.5, 0.6) is 0 Å². The first-order chi connectivity index (χ1) is 9.31. The maximum absolute atomic E-state index is 13.3. The van der Waals surface area contributed by atoms with Gasteiger partial charge in [0.15, 0.2) is 11.6 Å². The minimum atomic E-state index is -1.46. The number of aromatic carboxylic acids is 1. The minimum absolute atomic E-state index is 0.234. The molecule has 2 N–H and O–H groups in total. The van der Waals surface area contributed by atoms with Crippen LogP contribution < -0.4 is 0 Å². The minimum Gasteiger partial charge on any atom is -0.478 e. The van der Waals surface area contributed by atoms with E-state index in [9.17, 15) is 18.7 Å². The summed E-state index contributed by atoms with van der Waals surface area (Å²) >= 11 is 10.1. The molecule has 1 atom stereocenters. The number of aliphatic hydroxyl groups excluding tert-OH is 1. The molecular weight excluding hydrogens is 378 g/mol. The summed E-state index contributed by atoms with van der Waals surface area (Å²) in [5, 5.41) is 19.5. The Hall–Kier alpha value is -1.02. The molecule has 1 aromatic carbocycles. The Morgan fingerprint density at radius 1 is 1.30 bits per heavy atom. The average molecular weight is 384 g/mol. The quantitative estimate of drug-likeness (QED) is 0.834. The van der Waals surface area contributed by atoms with Crippen LogP contribution in [0, 0.1) is 11.6 Å². The van der Waals surface area contributed by atoms with Gasteiger partial charge < -0.3 is 10.2 Å². The van der Waals surface area contributed by atoms with Crippen molar-refractivity contribution in [1.29, 1.82) is 0 Å². The zero-order valence-electron chi connectivity index (χ0n) is 9.53. The van der Waals surface area contributed by atoms with Gasteiger partial charge in [-0.25, -0.2) is 13.6 Å². The van der Waals surface area contributed by atoms with E-state index in [0.29, 0.717) is 25.8 Å². The van der Waals surface area contributed by atoms with Gasteiger partial charge in [0.1, 0.15) is 6.10 Å². The first-order valence-electron chi connectivity index (χ1n) is 5.16. The smallest absolute Gasteiger partial charge is 0.336 e. The van der Waals surface area contributed by atoms with Gasteiger partial charge in [0.05, 0.1) is 14.4 Å². The molecule has 0 saturated carbocycles. The van der Waals surface area contributed by atoms with Crippen molar-refractivity contribution in [3.8, 4) is 0 Å². The predicted octanol–water partition coefficient (Wildman–Crippen LogP) is 4.22. The Kier molecular flexibility index (Phi) is 4.43. The van der Waals surface area contributed by atoms with E-state index in [1.807, 2.05) is 0 Å². The molecule has 2 aromatic rings. The molecule has 0 fully saturated rings. The second-order valence-corrected chi connectivity index (χ2v) is 6.64. The predicted molar refractivity (Wildman–Crippen MR) is 74.4 cm³/mol. The maximum Gasteiger partial charge on any atom is 0.336 e. The van der Waals surface area contributed by atoms with Gasteiger partial charge in [0.25, 0.3) is 0 Å².